The molecular weight excluding hydrogens is 362 g/mol. The average Bonchev–Trinajstić information content (AvgIpc) is 3.18. The second kappa shape index (κ2) is 6.25. The van der Waals surface area contributed by atoms with Gasteiger partial charge in [-0.3, -0.25) is 4.72 Å². The number of rotatable bonds is 4. The van der Waals surface area contributed by atoms with E-state index in [9.17, 15) is 8.42 Å². The van der Waals surface area contributed by atoms with Gasteiger partial charge in [-0.15, -0.1) is 11.3 Å². The normalized spacial score (nSPS) is 14.3. The van der Waals surface area contributed by atoms with Gasteiger partial charge >= 0.3 is 0 Å². The zero-order chi connectivity index (χ0) is 17.4. The van der Waals surface area contributed by atoms with Crippen LogP contribution in [0.5, 0.6) is 0 Å². The van der Waals surface area contributed by atoms with Crippen LogP contribution < -0.4 is 4.72 Å². The van der Waals surface area contributed by atoms with Crippen LogP contribution >= 0.6 is 11.3 Å². The van der Waals surface area contributed by atoms with E-state index in [0.717, 1.165) is 10.4 Å². The van der Waals surface area contributed by atoms with Crippen molar-refractivity contribution in [2.45, 2.75) is 24.8 Å². The van der Waals surface area contributed by atoms with Gasteiger partial charge in [-0.2, -0.15) is 4.98 Å². The fourth-order valence-corrected chi connectivity index (χ4v) is 5.21. The van der Waals surface area contributed by atoms with Crippen molar-refractivity contribution in [2.75, 3.05) is 11.3 Å². The number of nitrogens with one attached hydrogen (secondary N) is 1. The fourth-order valence-electron chi connectivity index (χ4n) is 2.71. The van der Waals surface area contributed by atoms with E-state index in [-0.39, 0.29) is 4.90 Å². The van der Waals surface area contributed by atoms with Crippen LogP contribution in [0.25, 0.3) is 11.5 Å². The van der Waals surface area contributed by atoms with Crippen LogP contribution in [-0.4, -0.2) is 25.2 Å². The summed E-state index contributed by atoms with van der Waals surface area (Å²) in [7, 11) is -3.71. The number of thiophene rings is 1. The van der Waals surface area contributed by atoms with Crippen LogP contribution in [0, 0.1) is 6.92 Å². The standard InChI is InChI=1S/C16H15N3O4S2/c1-10-17-15(23-18-10)14-12-7-8-22-9-13(12)24-16(14)19-25(20,21)11-5-3-2-4-6-11/h2-6,19H,7-9H2,1H3. The van der Waals surface area contributed by atoms with E-state index in [1.807, 2.05) is 0 Å². The van der Waals surface area contributed by atoms with Gasteiger partial charge in [-0.25, -0.2) is 8.42 Å². The molecule has 0 aliphatic carbocycles. The smallest absolute Gasteiger partial charge is 0.262 e. The first-order chi connectivity index (χ1) is 12.0. The minimum atomic E-state index is -3.71. The van der Waals surface area contributed by atoms with Gasteiger partial charge in [-0.05, 0) is 31.0 Å². The van der Waals surface area contributed by atoms with Gasteiger partial charge in [-0.1, -0.05) is 23.4 Å². The minimum absolute atomic E-state index is 0.199. The lowest BCUT2D eigenvalue weighted by molar-refractivity contribution is 0.113. The summed E-state index contributed by atoms with van der Waals surface area (Å²) in [5.41, 5.74) is 1.66. The zero-order valence-electron chi connectivity index (χ0n) is 13.4. The van der Waals surface area contributed by atoms with Gasteiger partial charge in [0.15, 0.2) is 5.82 Å². The van der Waals surface area contributed by atoms with Crippen molar-refractivity contribution in [3.63, 3.8) is 0 Å². The lowest BCUT2D eigenvalue weighted by Crippen LogP contribution is -2.12. The second-order valence-electron chi connectivity index (χ2n) is 5.58. The number of anilines is 1. The number of benzene rings is 1. The van der Waals surface area contributed by atoms with Crippen LogP contribution in [0.15, 0.2) is 39.8 Å². The van der Waals surface area contributed by atoms with E-state index < -0.39 is 10.0 Å². The Balaban J connectivity index is 1.81. The van der Waals surface area contributed by atoms with Crippen LogP contribution in [0.1, 0.15) is 16.3 Å². The maximum atomic E-state index is 12.7. The van der Waals surface area contributed by atoms with E-state index in [0.29, 0.717) is 41.9 Å². The third-order valence-corrected chi connectivity index (χ3v) is 6.46. The van der Waals surface area contributed by atoms with E-state index in [1.54, 1.807) is 37.3 Å². The molecular formula is C16H15N3O4S2. The summed E-state index contributed by atoms with van der Waals surface area (Å²) >= 11 is 1.34. The topological polar surface area (TPSA) is 94.3 Å². The highest BCUT2D eigenvalue weighted by molar-refractivity contribution is 7.93. The third-order valence-electron chi connectivity index (χ3n) is 3.84. The maximum absolute atomic E-state index is 12.7. The van der Waals surface area contributed by atoms with Crippen molar-refractivity contribution >= 4 is 26.4 Å². The Labute approximate surface area is 148 Å². The van der Waals surface area contributed by atoms with Crippen molar-refractivity contribution in [1.82, 2.24) is 10.1 Å². The molecule has 7 nitrogen and oxygen atoms in total. The number of fused-ring (bicyclic) bond motifs is 1. The van der Waals surface area contributed by atoms with Crippen LogP contribution in [0.4, 0.5) is 5.00 Å². The van der Waals surface area contributed by atoms with Crippen LogP contribution in [0.3, 0.4) is 0 Å². The van der Waals surface area contributed by atoms with Crippen molar-refractivity contribution in [3.05, 3.63) is 46.6 Å². The Morgan fingerprint density at radius 3 is 2.76 bits per heavy atom. The average molecular weight is 377 g/mol. The third kappa shape index (κ3) is 3.06. The van der Waals surface area contributed by atoms with Crippen molar-refractivity contribution in [2.24, 2.45) is 0 Å². The van der Waals surface area contributed by atoms with Crippen molar-refractivity contribution in [3.8, 4) is 11.5 Å². The van der Waals surface area contributed by atoms with Gasteiger partial charge in [0.05, 0.1) is 23.7 Å². The Bertz CT molecular complexity index is 1010. The summed E-state index contributed by atoms with van der Waals surface area (Å²) < 4.78 is 38.9. The molecule has 0 bridgehead atoms. The predicted molar refractivity (Wildman–Crippen MR) is 93.0 cm³/mol. The van der Waals surface area contributed by atoms with E-state index >= 15 is 0 Å². The zero-order valence-corrected chi connectivity index (χ0v) is 15.0. The fraction of sp³-hybridized carbons (Fsp3) is 0.250. The number of ether oxygens (including phenoxy) is 1. The molecule has 0 saturated carbocycles. The number of nitrogens with zero attached hydrogens (tertiary/aromatic N) is 2. The van der Waals surface area contributed by atoms with Crippen molar-refractivity contribution in [1.29, 1.82) is 0 Å². The summed E-state index contributed by atoms with van der Waals surface area (Å²) in [6.07, 6.45) is 0.676. The molecule has 0 unspecified atom stereocenters. The summed E-state index contributed by atoms with van der Waals surface area (Å²) in [5.74, 6) is 0.821. The minimum Gasteiger partial charge on any atom is -0.376 e. The molecule has 2 aromatic heterocycles. The number of aryl methyl sites for hydroxylation is 1. The van der Waals surface area contributed by atoms with Gasteiger partial charge < -0.3 is 9.26 Å². The number of aromatic nitrogens is 2. The molecule has 1 aromatic carbocycles. The Morgan fingerprint density at radius 2 is 2.04 bits per heavy atom. The molecule has 0 amide bonds. The van der Waals surface area contributed by atoms with Gasteiger partial charge in [0.1, 0.15) is 5.00 Å². The number of hydrogen-bond donors (Lipinski definition) is 1. The van der Waals surface area contributed by atoms with E-state index in [2.05, 4.69) is 14.9 Å². The SMILES string of the molecule is Cc1noc(-c2c(NS(=O)(=O)c3ccccc3)sc3c2CCOC3)n1. The van der Waals surface area contributed by atoms with Gasteiger partial charge in [0.2, 0.25) is 0 Å². The first kappa shape index (κ1) is 16.2. The van der Waals surface area contributed by atoms with Crippen molar-refractivity contribution < 1.29 is 17.7 Å². The van der Waals surface area contributed by atoms with Gasteiger partial charge in [0, 0.05) is 4.88 Å². The molecule has 1 aliphatic heterocycles. The van der Waals surface area contributed by atoms with Crippen LogP contribution in [-0.2, 0) is 27.8 Å². The summed E-state index contributed by atoms with van der Waals surface area (Å²) in [6, 6.07) is 8.24. The number of sulfonamides is 1. The molecule has 0 fully saturated rings. The molecule has 130 valence electrons. The Hall–Kier alpha value is -2.23. The maximum Gasteiger partial charge on any atom is 0.262 e. The monoisotopic (exact) mass is 377 g/mol. The predicted octanol–water partition coefficient (Wildman–Crippen LogP) is 2.98. The lowest BCUT2D eigenvalue weighted by Gasteiger charge is -2.12. The highest BCUT2D eigenvalue weighted by Gasteiger charge is 2.28. The lowest BCUT2D eigenvalue weighted by atomic mass is 10.1. The van der Waals surface area contributed by atoms with E-state index in [4.69, 9.17) is 9.26 Å². The summed E-state index contributed by atoms with van der Waals surface area (Å²) in [6.45, 7) is 2.75. The molecule has 25 heavy (non-hydrogen) atoms. The van der Waals surface area contributed by atoms with Crippen LogP contribution in [0.2, 0.25) is 0 Å². The largest absolute Gasteiger partial charge is 0.376 e. The van der Waals surface area contributed by atoms with E-state index in [1.165, 1.54) is 11.3 Å². The molecule has 0 spiro atoms. The van der Waals surface area contributed by atoms with Gasteiger partial charge in [0.25, 0.3) is 15.9 Å². The highest BCUT2D eigenvalue weighted by atomic mass is 32.2. The first-order valence-electron chi connectivity index (χ1n) is 7.65. The Morgan fingerprint density at radius 1 is 1.24 bits per heavy atom. The molecule has 0 radical (unpaired) electrons. The molecule has 3 heterocycles. The first-order valence-corrected chi connectivity index (χ1v) is 9.95. The highest BCUT2D eigenvalue weighted by Crippen LogP contribution is 2.43. The molecule has 0 saturated heterocycles. The Kier molecular flexibility index (Phi) is 4.06. The summed E-state index contributed by atoms with van der Waals surface area (Å²) in [4.78, 5) is 5.45. The molecule has 3 aromatic rings. The second-order valence-corrected chi connectivity index (χ2v) is 8.36. The number of hydrogen-bond acceptors (Lipinski definition) is 7. The molecule has 9 heteroatoms. The molecule has 0 atom stereocenters. The quantitative estimate of drug-likeness (QED) is 0.751. The molecule has 4 rings (SSSR count). The summed E-state index contributed by atoms with van der Waals surface area (Å²) in [5, 5.41) is 4.30. The molecule has 1 N–H and O–H groups in total. The molecule has 1 aliphatic rings.